The number of hydrogen-bond donors (Lipinski definition) is 1. The topological polar surface area (TPSA) is 70.1 Å². The minimum Gasteiger partial charge on any atom is -0.444 e. The van der Waals surface area contributed by atoms with Crippen molar-refractivity contribution in [2.24, 2.45) is 11.8 Å². The maximum Gasteiger partial charge on any atom is 0.410 e. The number of likely N-dealkylation sites (tertiary alicyclic amines) is 2. The number of hydrogen-bond acceptors (Lipinski definition) is 4. The van der Waals surface area contributed by atoms with E-state index in [2.05, 4.69) is 0 Å². The van der Waals surface area contributed by atoms with Gasteiger partial charge in [0.2, 0.25) is 0 Å². The van der Waals surface area contributed by atoms with Crippen LogP contribution in [0.3, 0.4) is 0 Å². The van der Waals surface area contributed by atoms with Gasteiger partial charge in [0.1, 0.15) is 11.7 Å². The highest BCUT2D eigenvalue weighted by atomic mass is 16.6. The van der Waals surface area contributed by atoms with E-state index in [1.807, 2.05) is 20.8 Å². The second-order valence-corrected chi connectivity index (χ2v) is 7.04. The fourth-order valence-electron chi connectivity index (χ4n) is 3.42. The van der Waals surface area contributed by atoms with Crippen LogP contribution in [0.25, 0.3) is 0 Å². The Morgan fingerprint density at radius 3 is 2.35 bits per heavy atom. The summed E-state index contributed by atoms with van der Waals surface area (Å²) in [5, 5.41) is 9.50. The van der Waals surface area contributed by atoms with Crippen LogP contribution in [0, 0.1) is 11.8 Å². The Kier molecular flexibility index (Phi) is 2.97. The molecular formula is C14H22N2O4. The molecule has 6 nitrogen and oxygen atoms in total. The Balaban J connectivity index is 1.53. The third-order valence-corrected chi connectivity index (χ3v) is 4.37. The van der Waals surface area contributed by atoms with Gasteiger partial charge in [0.05, 0.1) is 0 Å². The van der Waals surface area contributed by atoms with Gasteiger partial charge in [0, 0.05) is 37.5 Å². The number of fused-ring (bicyclic) bond motifs is 1. The highest BCUT2D eigenvalue weighted by Gasteiger charge is 2.61. The highest BCUT2D eigenvalue weighted by molar-refractivity contribution is 5.83. The zero-order valence-corrected chi connectivity index (χ0v) is 12.2. The first-order valence-corrected chi connectivity index (χ1v) is 7.24. The number of aliphatic hydroxyl groups is 1. The van der Waals surface area contributed by atoms with Crippen molar-refractivity contribution < 1.29 is 19.4 Å². The molecule has 0 radical (unpaired) electrons. The third-order valence-electron chi connectivity index (χ3n) is 4.37. The molecule has 0 spiro atoms. The van der Waals surface area contributed by atoms with Crippen molar-refractivity contribution in [1.82, 2.24) is 9.80 Å². The van der Waals surface area contributed by atoms with Crippen LogP contribution >= 0.6 is 0 Å². The summed E-state index contributed by atoms with van der Waals surface area (Å²) in [7, 11) is 0. The number of amides is 2. The number of rotatable bonds is 1. The highest BCUT2D eigenvalue weighted by Crippen LogP contribution is 2.50. The molecule has 2 saturated heterocycles. The molecular weight excluding hydrogens is 260 g/mol. The van der Waals surface area contributed by atoms with Crippen molar-refractivity contribution in [2.75, 3.05) is 19.6 Å². The molecule has 2 aliphatic heterocycles. The molecule has 2 heterocycles. The molecule has 0 bridgehead atoms. The average Bonchev–Trinajstić information content (AvgIpc) is 2.70. The van der Waals surface area contributed by atoms with Crippen LogP contribution in [0.1, 0.15) is 27.2 Å². The van der Waals surface area contributed by atoms with Gasteiger partial charge in [-0.05, 0) is 27.2 Å². The van der Waals surface area contributed by atoms with Gasteiger partial charge < -0.3 is 19.6 Å². The van der Waals surface area contributed by atoms with E-state index in [1.165, 1.54) is 0 Å². The summed E-state index contributed by atoms with van der Waals surface area (Å²) in [6.07, 6.45) is -0.556. The summed E-state index contributed by atoms with van der Waals surface area (Å²) in [6, 6.07) is 0.221. The summed E-state index contributed by atoms with van der Waals surface area (Å²) in [4.78, 5) is 27.3. The molecule has 4 atom stereocenters. The van der Waals surface area contributed by atoms with Crippen molar-refractivity contribution in [3.8, 4) is 0 Å². The van der Waals surface area contributed by atoms with Crippen LogP contribution in [0.4, 0.5) is 4.79 Å². The lowest BCUT2D eigenvalue weighted by atomic mass is 10.2. The van der Waals surface area contributed by atoms with E-state index in [0.29, 0.717) is 37.9 Å². The van der Waals surface area contributed by atoms with Gasteiger partial charge in [0.15, 0.2) is 0 Å². The lowest BCUT2D eigenvalue weighted by Crippen LogP contribution is -2.41. The molecule has 0 aromatic rings. The largest absolute Gasteiger partial charge is 0.444 e. The number of nitrogens with zero attached hydrogens (tertiary/aromatic N) is 2. The Morgan fingerprint density at radius 2 is 1.90 bits per heavy atom. The first kappa shape index (κ1) is 13.7. The van der Waals surface area contributed by atoms with E-state index in [-0.39, 0.29) is 18.0 Å². The quantitative estimate of drug-likeness (QED) is 0.758. The fraction of sp³-hybridized carbons (Fsp3) is 0.857. The van der Waals surface area contributed by atoms with Crippen LogP contribution in [-0.2, 0) is 9.53 Å². The molecule has 0 aromatic heterocycles. The summed E-state index contributed by atoms with van der Waals surface area (Å²) in [5.41, 5.74) is -0.474. The Bertz CT molecular complexity index is 433. The molecule has 20 heavy (non-hydrogen) atoms. The summed E-state index contributed by atoms with van der Waals surface area (Å²) in [5.74, 6) is 0.571. The average molecular weight is 282 g/mol. The van der Waals surface area contributed by atoms with Gasteiger partial charge in [0.25, 0.3) is 5.91 Å². The van der Waals surface area contributed by atoms with Crippen molar-refractivity contribution >= 4 is 12.0 Å². The van der Waals surface area contributed by atoms with Gasteiger partial charge in [-0.15, -0.1) is 0 Å². The van der Waals surface area contributed by atoms with E-state index in [1.54, 1.807) is 9.80 Å². The normalized spacial score (nSPS) is 36.3. The molecule has 3 fully saturated rings. The Hall–Kier alpha value is -1.30. The van der Waals surface area contributed by atoms with E-state index in [4.69, 9.17) is 4.74 Å². The Morgan fingerprint density at radius 1 is 1.30 bits per heavy atom. The second-order valence-electron chi connectivity index (χ2n) is 7.04. The molecule has 1 N–H and O–H groups in total. The maximum atomic E-state index is 12.0. The van der Waals surface area contributed by atoms with Gasteiger partial charge in [-0.25, -0.2) is 4.79 Å². The lowest BCUT2D eigenvalue weighted by molar-refractivity contribution is -0.135. The summed E-state index contributed by atoms with van der Waals surface area (Å²) < 4.78 is 5.36. The molecule has 1 saturated carbocycles. The van der Waals surface area contributed by atoms with Crippen LogP contribution in [0.2, 0.25) is 0 Å². The third kappa shape index (κ3) is 2.26. The van der Waals surface area contributed by atoms with Gasteiger partial charge in [-0.2, -0.15) is 0 Å². The number of ether oxygens (including phenoxy) is 1. The van der Waals surface area contributed by atoms with Crippen LogP contribution < -0.4 is 0 Å². The lowest BCUT2D eigenvalue weighted by Gasteiger charge is -2.27. The predicted octanol–water partition coefficient (Wildman–Crippen LogP) is 0.445. The van der Waals surface area contributed by atoms with Gasteiger partial charge >= 0.3 is 6.09 Å². The molecule has 112 valence electrons. The number of carbonyl (C=O) groups is 2. The number of piperidine rings is 1. The van der Waals surface area contributed by atoms with Crippen molar-refractivity contribution in [2.45, 2.75) is 44.9 Å². The van der Waals surface area contributed by atoms with E-state index >= 15 is 0 Å². The second kappa shape index (κ2) is 4.35. The zero-order valence-electron chi connectivity index (χ0n) is 12.2. The van der Waals surface area contributed by atoms with Gasteiger partial charge in [-0.1, -0.05) is 0 Å². The monoisotopic (exact) mass is 282 g/mol. The van der Waals surface area contributed by atoms with Crippen molar-refractivity contribution in [3.63, 3.8) is 0 Å². The standard InChI is InChI=1S/C14H22N2O4/c1-14(2,3)20-13(19)15-6-8-9(7-15)11(8)16-5-4-10(17)12(16)18/h8-11,17H,4-7H2,1-3H3/t8-,9+,10-,11-/m1/s1. The smallest absolute Gasteiger partial charge is 0.410 e. The summed E-state index contributed by atoms with van der Waals surface area (Å²) in [6.45, 7) is 7.52. The molecule has 6 heteroatoms. The van der Waals surface area contributed by atoms with Crippen molar-refractivity contribution in [3.05, 3.63) is 0 Å². The first-order valence-electron chi connectivity index (χ1n) is 7.24. The molecule has 2 amide bonds. The minimum absolute atomic E-state index is 0.145. The molecule has 3 aliphatic rings. The molecule has 1 aliphatic carbocycles. The van der Waals surface area contributed by atoms with Crippen molar-refractivity contribution in [1.29, 1.82) is 0 Å². The minimum atomic E-state index is -0.821. The SMILES string of the molecule is CC(C)(C)OC(=O)N1C[C@@H]2[C@H](C1)[C@@H]2N1CC[C@@H](O)C1=O. The zero-order chi connectivity index (χ0) is 14.7. The van der Waals surface area contributed by atoms with Crippen LogP contribution in [-0.4, -0.2) is 64.3 Å². The van der Waals surface area contributed by atoms with Crippen LogP contribution in [0.15, 0.2) is 0 Å². The number of carbonyl (C=O) groups excluding carboxylic acids is 2. The molecule has 0 unspecified atom stereocenters. The predicted molar refractivity (Wildman–Crippen MR) is 70.9 cm³/mol. The summed E-state index contributed by atoms with van der Waals surface area (Å²) >= 11 is 0. The van der Waals surface area contributed by atoms with E-state index in [9.17, 15) is 14.7 Å². The molecule has 0 aromatic carbocycles. The fourth-order valence-corrected chi connectivity index (χ4v) is 3.42. The van der Waals surface area contributed by atoms with Crippen LogP contribution in [0.5, 0.6) is 0 Å². The Labute approximate surface area is 118 Å². The molecule has 3 rings (SSSR count). The van der Waals surface area contributed by atoms with Gasteiger partial charge in [-0.3, -0.25) is 4.79 Å². The van der Waals surface area contributed by atoms with E-state index < -0.39 is 11.7 Å². The first-order chi connectivity index (χ1) is 9.28. The number of aliphatic hydroxyl groups excluding tert-OH is 1. The van der Waals surface area contributed by atoms with E-state index in [0.717, 1.165) is 0 Å². The maximum absolute atomic E-state index is 12.0.